The average molecular weight is 213 g/mol. The van der Waals surface area contributed by atoms with E-state index in [0.717, 1.165) is 0 Å². The molecule has 1 N–H and O–H groups in total. The molecule has 0 bridgehead atoms. The van der Waals surface area contributed by atoms with Crippen LogP contribution in [0.25, 0.3) is 11.5 Å². The lowest BCUT2D eigenvalue weighted by Crippen LogP contribution is -2.01. The molecular formula is C8H5F2N3O2. The highest BCUT2D eigenvalue weighted by molar-refractivity contribution is 5.50. The van der Waals surface area contributed by atoms with E-state index in [1.54, 1.807) is 0 Å². The normalized spacial score (nSPS) is 10.9. The lowest BCUT2D eigenvalue weighted by molar-refractivity contribution is 0.116. The van der Waals surface area contributed by atoms with Crippen molar-refractivity contribution in [2.45, 2.75) is 6.43 Å². The Hall–Kier alpha value is -2.05. The summed E-state index contributed by atoms with van der Waals surface area (Å²) in [7, 11) is 0. The minimum Gasteiger partial charge on any atom is -0.415 e. The number of rotatable bonds is 2. The summed E-state index contributed by atoms with van der Waals surface area (Å²) < 4.78 is 28.9. The van der Waals surface area contributed by atoms with Crippen LogP contribution < -0.4 is 5.56 Å². The van der Waals surface area contributed by atoms with Crippen LogP contribution in [-0.4, -0.2) is 15.2 Å². The molecule has 5 nitrogen and oxygen atoms in total. The van der Waals surface area contributed by atoms with Crippen molar-refractivity contribution >= 4 is 0 Å². The fraction of sp³-hybridized carbons (Fsp3) is 0.125. The van der Waals surface area contributed by atoms with Gasteiger partial charge in [-0.3, -0.25) is 4.79 Å². The third-order valence-electron chi connectivity index (χ3n) is 1.65. The van der Waals surface area contributed by atoms with Gasteiger partial charge in [0.25, 0.3) is 5.89 Å². The largest absolute Gasteiger partial charge is 0.415 e. The molecule has 0 amide bonds. The third-order valence-corrected chi connectivity index (χ3v) is 1.65. The lowest BCUT2D eigenvalue weighted by Gasteiger charge is -1.91. The van der Waals surface area contributed by atoms with E-state index in [0.29, 0.717) is 5.56 Å². The number of H-pyrrole nitrogens is 1. The predicted molar refractivity (Wildman–Crippen MR) is 45.3 cm³/mol. The van der Waals surface area contributed by atoms with Gasteiger partial charge in [0.15, 0.2) is 0 Å². The number of aromatic nitrogens is 3. The van der Waals surface area contributed by atoms with Gasteiger partial charge in [-0.2, -0.15) is 8.78 Å². The van der Waals surface area contributed by atoms with Crippen molar-refractivity contribution in [3.63, 3.8) is 0 Å². The second-order valence-electron chi connectivity index (χ2n) is 2.69. The smallest absolute Gasteiger partial charge is 0.314 e. The second-order valence-corrected chi connectivity index (χ2v) is 2.69. The highest BCUT2D eigenvalue weighted by Gasteiger charge is 2.16. The van der Waals surface area contributed by atoms with Gasteiger partial charge in [0.05, 0.1) is 0 Å². The average Bonchev–Trinajstić information content (AvgIpc) is 2.66. The monoisotopic (exact) mass is 213 g/mol. The van der Waals surface area contributed by atoms with Gasteiger partial charge in [0.2, 0.25) is 11.4 Å². The number of aromatic amines is 1. The van der Waals surface area contributed by atoms with Crippen molar-refractivity contribution in [2.75, 3.05) is 0 Å². The summed E-state index contributed by atoms with van der Waals surface area (Å²) in [4.78, 5) is 13.3. The van der Waals surface area contributed by atoms with Gasteiger partial charge < -0.3 is 9.40 Å². The highest BCUT2D eigenvalue weighted by atomic mass is 19.3. The number of nitrogens with zero attached hydrogens (tertiary/aromatic N) is 2. The number of nitrogens with one attached hydrogen (secondary N) is 1. The summed E-state index contributed by atoms with van der Waals surface area (Å²) in [6.07, 6.45) is -1.45. The fourth-order valence-corrected chi connectivity index (χ4v) is 1.02. The van der Waals surface area contributed by atoms with E-state index in [9.17, 15) is 13.6 Å². The topological polar surface area (TPSA) is 71.8 Å². The molecule has 2 aromatic rings. The van der Waals surface area contributed by atoms with Crippen LogP contribution in [0.1, 0.15) is 12.3 Å². The van der Waals surface area contributed by atoms with E-state index in [-0.39, 0.29) is 11.4 Å². The first-order valence-electron chi connectivity index (χ1n) is 3.97. The van der Waals surface area contributed by atoms with Gasteiger partial charge in [-0.25, -0.2) is 0 Å². The van der Waals surface area contributed by atoms with Crippen molar-refractivity contribution in [1.29, 1.82) is 0 Å². The van der Waals surface area contributed by atoms with Gasteiger partial charge in [-0.05, 0) is 6.07 Å². The predicted octanol–water partition coefficient (Wildman–Crippen LogP) is 1.36. The summed E-state index contributed by atoms with van der Waals surface area (Å²) in [5.74, 6) is -0.860. The van der Waals surface area contributed by atoms with E-state index in [1.807, 2.05) is 0 Å². The fourth-order valence-electron chi connectivity index (χ4n) is 1.02. The molecule has 2 heterocycles. The zero-order chi connectivity index (χ0) is 10.8. The molecule has 2 rings (SSSR count). The second kappa shape index (κ2) is 3.60. The molecule has 0 saturated heterocycles. The van der Waals surface area contributed by atoms with Crippen molar-refractivity contribution < 1.29 is 13.2 Å². The van der Waals surface area contributed by atoms with Gasteiger partial charge in [0, 0.05) is 17.8 Å². The van der Waals surface area contributed by atoms with E-state index in [1.165, 1.54) is 18.3 Å². The number of hydrogen-bond donors (Lipinski definition) is 1. The Balaban J connectivity index is 2.41. The molecule has 0 atom stereocenters. The molecular weight excluding hydrogens is 208 g/mol. The van der Waals surface area contributed by atoms with Crippen molar-refractivity contribution in [3.8, 4) is 11.5 Å². The summed E-state index contributed by atoms with van der Waals surface area (Å²) >= 11 is 0. The van der Waals surface area contributed by atoms with Gasteiger partial charge in [0.1, 0.15) is 0 Å². The number of hydrogen-bond acceptors (Lipinski definition) is 4. The molecule has 0 aliphatic rings. The molecule has 0 saturated carbocycles. The van der Waals surface area contributed by atoms with E-state index >= 15 is 0 Å². The number of halogens is 2. The Morgan fingerprint density at radius 3 is 2.80 bits per heavy atom. The first-order valence-corrected chi connectivity index (χ1v) is 3.97. The lowest BCUT2D eigenvalue weighted by atomic mass is 10.3. The Labute approximate surface area is 81.8 Å². The number of alkyl halides is 2. The Morgan fingerprint density at radius 2 is 2.20 bits per heavy atom. The molecule has 0 unspecified atom stereocenters. The molecule has 0 aliphatic carbocycles. The first kappa shape index (κ1) is 9.50. The zero-order valence-electron chi connectivity index (χ0n) is 7.28. The van der Waals surface area contributed by atoms with Gasteiger partial charge >= 0.3 is 6.43 Å². The Bertz CT molecular complexity index is 520. The van der Waals surface area contributed by atoms with E-state index in [2.05, 4.69) is 19.6 Å². The molecule has 0 fully saturated rings. The van der Waals surface area contributed by atoms with Gasteiger partial charge in [-0.15, -0.1) is 10.2 Å². The third kappa shape index (κ3) is 1.90. The van der Waals surface area contributed by atoms with Crippen LogP contribution in [0.15, 0.2) is 27.5 Å². The Kier molecular flexibility index (Phi) is 2.28. The first-order chi connectivity index (χ1) is 7.16. The maximum atomic E-state index is 12.1. The van der Waals surface area contributed by atoms with E-state index in [4.69, 9.17) is 0 Å². The quantitative estimate of drug-likeness (QED) is 0.817. The standard InChI is InChI=1S/C8H5F2N3O2/c9-6(10)8-13-12-7(15-8)4-1-2-11-5(14)3-4/h1-3,6H,(H,11,14). The molecule has 15 heavy (non-hydrogen) atoms. The molecule has 0 aliphatic heterocycles. The summed E-state index contributed by atoms with van der Waals surface area (Å²) in [6.45, 7) is 0. The molecule has 0 radical (unpaired) electrons. The van der Waals surface area contributed by atoms with Crippen LogP contribution in [-0.2, 0) is 0 Å². The van der Waals surface area contributed by atoms with Gasteiger partial charge in [-0.1, -0.05) is 0 Å². The summed E-state index contributed by atoms with van der Waals surface area (Å²) in [6, 6.07) is 2.66. The van der Waals surface area contributed by atoms with Crippen molar-refractivity contribution in [1.82, 2.24) is 15.2 Å². The summed E-state index contributed by atoms with van der Waals surface area (Å²) in [5.41, 5.74) is -0.0672. The SMILES string of the molecule is O=c1cc(-c2nnc(C(F)F)o2)cc[nH]1. The molecule has 2 aromatic heterocycles. The Morgan fingerprint density at radius 1 is 1.40 bits per heavy atom. The van der Waals surface area contributed by atoms with Crippen molar-refractivity contribution in [2.24, 2.45) is 0 Å². The van der Waals surface area contributed by atoms with Crippen LogP contribution in [0.3, 0.4) is 0 Å². The maximum Gasteiger partial charge on any atom is 0.314 e. The molecule has 0 aromatic carbocycles. The maximum absolute atomic E-state index is 12.1. The number of pyridine rings is 1. The molecule has 7 heteroatoms. The zero-order valence-corrected chi connectivity index (χ0v) is 7.28. The van der Waals surface area contributed by atoms with Crippen LogP contribution in [0.4, 0.5) is 8.78 Å². The van der Waals surface area contributed by atoms with Crippen LogP contribution >= 0.6 is 0 Å². The van der Waals surface area contributed by atoms with Crippen LogP contribution in [0.5, 0.6) is 0 Å². The highest BCUT2D eigenvalue weighted by Crippen LogP contribution is 2.21. The minimum absolute atomic E-state index is 0.101. The van der Waals surface area contributed by atoms with E-state index < -0.39 is 12.3 Å². The van der Waals surface area contributed by atoms with Crippen molar-refractivity contribution in [3.05, 3.63) is 34.6 Å². The molecule has 78 valence electrons. The minimum atomic E-state index is -2.81. The van der Waals surface area contributed by atoms with Crippen LogP contribution in [0, 0.1) is 0 Å². The summed E-state index contributed by atoms with van der Waals surface area (Å²) in [5, 5.41) is 6.54. The molecule has 0 spiro atoms. The van der Waals surface area contributed by atoms with Crippen LogP contribution in [0.2, 0.25) is 0 Å².